The van der Waals surface area contributed by atoms with Crippen LogP contribution >= 0.6 is 0 Å². The number of hydrogen-bond donors (Lipinski definition) is 0. The van der Waals surface area contributed by atoms with Gasteiger partial charge >= 0.3 is 5.97 Å². The summed E-state index contributed by atoms with van der Waals surface area (Å²) in [7, 11) is 1.35. The number of carbonyl (C=O) groups is 2. The summed E-state index contributed by atoms with van der Waals surface area (Å²) in [6.45, 7) is 10.9. The number of rotatable bonds is 11. The number of esters is 1. The summed E-state index contributed by atoms with van der Waals surface area (Å²) in [5, 5.41) is 0. The van der Waals surface area contributed by atoms with E-state index in [1.165, 1.54) is 7.11 Å². The number of carbonyl (C=O) groups excluding carboxylic acids is 2. The third-order valence-electron chi connectivity index (χ3n) is 4.17. The molecule has 6 heteroatoms. The molecule has 1 aromatic rings. The highest BCUT2D eigenvalue weighted by atomic mass is 16.5. The van der Waals surface area contributed by atoms with Gasteiger partial charge in [-0.3, -0.25) is 9.59 Å². The Kier molecular flexibility index (Phi) is 9.86. The molecule has 1 unspecified atom stereocenters. The zero-order valence-electron chi connectivity index (χ0n) is 17.4. The van der Waals surface area contributed by atoms with Crippen LogP contribution in [0, 0.1) is 19.8 Å². The molecule has 0 aliphatic heterocycles. The maximum absolute atomic E-state index is 12.7. The van der Waals surface area contributed by atoms with E-state index in [1.807, 2.05) is 45.9 Å². The SMILES string of the molecule is COC(=O)C(C)CN(CCCOC(C)C)C(=O)COc1cc(C)ccc1C. The highest BCUT2D eigenvalue weighted by Gasteiger charge is 2.22. The van der Waals surface area contributed by atoms with Crippen LogP contribution in [0.25, 0.3) is 0 Å². The van der Waals surface area contributed by atoms with Crippen molar-refractivity contribution in [3.05, 3.63) is 29.3 Å². The Morgan fingerprint density at radius 2 is 1.85 bits per heavy atom. The summed E-state index contributed by atoms with van der Waals surface area (Å²) >= 11 is 0. The van der Waals surface area contributed by atoms with Gasteiger partial charge < -0.3 is 19.1 Å². The lowest BCUT2D eigenvalue weighted by Gasteiger charge is -2.25. The minimum absolute atomic E-state index is 0.0662. The Hall–Kier alpha value is -2.08. The largest absolute Gasteiger partial charge is 0.483 e. The van der Waals surface area contributed by atoms with E-state index in [4.69, 9.17) is 14.2 Å². The van der Waals surface area contributed by atoms with E-state index in [1.54, 1.807) is 11.8 Å². The number of ether oxygens (including phenoxy) is 3. The normalized spacial score (nSPS) is 12.0. The Balaban J connectivity index is 2.69. The van der Waals surface area contributed by atoms with E-state index in [0.717, 1.165) is 11.1 Å². The van der Waals surface area contributed by atoms with Crippen molar-refractivity contribution in [2.75, 3.05) is 33.4 Å². The predicted octanol–water partition coefficient (Wildman–Crippen LogP) is 3.14. The maximum Gasteiger partial charge on any atom is 0.310 e. The zero-order valence-corrected chi connectivity index (χ0v) is 17.4. The molecule has 0 radical (unpaired) electrons. The number of amides is 1. The van der Waals surface area contributed by atoms with E-state index in [-0.39, 0.29) is 24.6 Å². The number of aryl methyl sites for hydroxylation is 2. The molecule has 0 spiro atoms. The second-order valence-corrected chi connectivity index (χ2v) is 7.09. The van der Waals surface area contributed by atoms with Crippen molar-refractivity contribution in [3.63, 3.8) is 0 Å². The van der Waals surface area contributed by atoms with Crippen LogP contribution in [0.5, 0.6) is 5.75 Å². The van der Waals surface area contributed by atoms with Crippen LogP contribution in [0.15, 0.2) is 18.2 Å². The molecule has 1 aromatic carbocycles. The molecule has 6 nitrogen and oxygen atoms in total. The van der Waals surface area contributed by atoms with Crippen LogP contribution in [0.3, 0.4) is 0 Å². The van der Waals surface area contributed by atoms with Crippen LogP contribution < -0.4 is 4.74 Å². The summed E-state index contributed by atoms with van der Waals surface area (Å²) < 4.78 is 16.1. The van der Waals surface area contributed by atoms with Gasteiger partial charge in [-0.05, 0) is 51.3 Å². The summed E-state index contributed by atoms with van der Waals surface area (Å²) in [6, 6.07) is 5.89. The first-order valence-corrected chi connectivity index (χ1v) is 9.41. The molecule has 1 atom stereocenters. The molecule has 0 aliphatic carbocycles. The lowest BCUT2D eigenvalue weighted by molar-refractivity contribution is -0.146. The van der Waals surface area contributed by atoms with E-state index in [2.05, 4.69) is 0 Å². The maximum atomic E-state index is 12.7. The van der Waals surface area contributed by atoms with Crippen molar-refractivity contribution < 1.29 is 23.8 Å². The molecule has 0 saturated carbocycles. The van der Waals surface area contributed by atoms with Gasteiger partial charge in [0.1, 0.15) is 5.75 Å². The molecule has 0 aliphatic rings. The molecule has 1 rings (SSSR count). The third kappa shape index (κ3) is 8.43. The molecule has 0 fully saturated rings. The molecule has 0 heterocycles. The number of hydrogen-bond acceptors (Lipinski definition) is 5. The zero-order chi connectivity index (χ0) is 20.4. The van der Waals surface area contributed by atoms with Crippen molar-refractivity contribution in [3.8, 4) is 5.75 Å². The molecule has 27 heavy (non-hydrogen) atoms. The summed E-state index contributed by atoms with van der Waals surface area (Å²) in [4.78, 5) is 26.1. The van der Waals surface area contributed by atoms with Crippen LogP contribution in [0.2, 0.25) is 0 Å². The van der Waals surface area contributed by atoms with E-state index < -0.39 is 5.92 Å². The molecule has 1 amide bonds. The monoisotopic (exact) mass is 379 g/mol. The van der Waals surface area contributed by atoms with Gasteiger partial charge in [0.25, 0.3) is 5.91 Å². The fourth-order valence-electron chi connectivity index (χ4n) is 2.59. The number of nitrogens with zero attached hydrogens (tertiary/aromatic N) is 1. The van der Waals surface area contributed by atoms with Gasteiger partial charge in [-0.2, -0.15) is 0 Å². The Bertz CT molecular complexity index is 615. The molecular weight excluding hydrogens is 346 g/mol. The van der Waals surface area contributed by atoms with Crippen molar-refractivity contribution in [2.24, 2.45) is 5.92 Å². The van der Waals surface area contributed by atoms with E-state index in [9.17, 15) is 9.59 Å². The molecule has 0 bridgehead atoms. The van der Waals surface area contributed by atoms with Gasteiger partial charge in [-0.25, -0.2) is 0 Å². The van der Waals surface area contributed by atoms with Gasteiger partial charge in [-0.15, -0.1) is 0 Å². The molecule has 0 aromatic heterocycles. The van der Waals surface area contributed by atoms with Gasteiger partial charge in [0.15, 0.2) is 6.61 Å². The Morgan fingerprint density at radius 3 is 2.48 bits per heavy atom. The minimum atomic E-state index is -0.398. The van der Waals surface area contributed by atoms with Gasteiger partial charge in [0.2, 0.25) is 0 Å². The number of benzene rings is 1. The van der Waals surface area contributed by atoms with Gasteiger partial charge in [0, 0.05) is 19.7 Å². The second kappa shape index (κ2) is 11.6. The van der Waals surface area contributed by atoms with Crippen LogP contribution in [-0.2, 0) is 19.1 Å². The molecular formula is C21H33NO5. The third-order valence-corrected chi connectivity index (χ3v) is 4.17. The second-order valence-electron chi connectivity index (χ2n) is 7.09. The van der Waals surface area contributed by atoms with E-state index >= 15 is 0 Å². The highest BCUT2D eigenvalue weighted by Crippen LogP contribution is 2.19. The quantitative estimate of drug-likeness (QED) is 0.437. The smallest absolute Gasteiger partial charge is 0.310 e. The highest BCUT2D eigenvalue weighted by molar-refractivity contribution is 5.79. The lowest BCUT2D eigenvalue weighted by Crippen LogP contribution is -2.40. The lowest BCUT2D eigenvalue weighted by atomic mass is 10.1. The van der Waals surface area contributed by atoms with Gasteiger partial charge in [0.05, 0.1) is 19.1 Å². The average Bonchev–Trinajstić information content (AvgIpc) is 2.63. The summed E-state index contributed by atoms with van der Waals surface area (Å²) in [5.41, 5.74) is 2.05. The topological polar surface area (TPSA) is 65.1 Å². The fraction of sp³-hybridized carbons (Fsp3) is 0.619. The summed E-state index contributed by atoms with van der Waals surface area (Å²) in [6.07, 6.45) is 0.845. The fourth-order valence-corrected chi connectivity index (χ4v) is 2.59. The predicted molar refractivity (Wildman–Crippen MR) is 105 cm³/mol. The Morgan fingerprint density at radius 1 is 1.15 bits per heavy atom. The first kappa shape index (κ1) is 23.0. The molecule has 152 valence electrons. The first-order valence-electron chi connectivity index (χ1n) is 9.41. The van der Waals surface area contributed by atoms with Crippen LogP contribution in [0.1, 0.15) is 38.3 Å². The van der Waals surface area contributed by atoms with Crippen LogP contribution in [0.4, 0.5) is 0 Å². The van der Waals surface area contributed by atoms with Crippen molar-refractivity contribution in [1.82, 2.24) is 4.90 Å². The van der Waals surface area contributed by atoms with Gasteiger partial charge in [-0.1, -0.05) is 19.1 Å². The Labute approximate surface area is 162 Å². The standard InChI is InChI=1S/C21H33NO5/c1-15(2)26-11-7-10-22(13-18(5)21(24)25-6)20(23)14-27-19-12-16(3)8-9-17(19)4/h8-9,12,15,18H,7,10-11,13-14H2,1-6H3. The van der Waals surface area contributed by atoms with Crippen molar-refractivity contribution in [1.29, 1.82) is 0 Å². The van der Waals surface area contributed by atoms with Crippen molar-refractivity contribution >= 4 is 11.9 Å². The first-order chi connectivity index (χ1) is 12.7. The summed E-state index contributed by atoms with van der Waals surface area (Å²) in [5.74, 6) is -0.184. The van der Waals surface area contributed by atoms with E-state index in [0.29, 0.717) is 31.9 Å². The molecule has 0 saturated heterocycles. The van der Waals surface area contributed by atoms with Crippen LogP contribution in [-0.4, -0.2) is 56.3 Å². The number of methoxy groups -OCH3 is 1. The average molecular weight is 379 g/mol. The minimum Gasteiger partial charge on any atom is -0.483 e. The molecule has 0 N–H and O–H groups in total. The van der Waals surface area contributed by atoms with Crippen molar-refractivity contribution in [2.45, 2.75) is 47.1 Å².